The zero-order valence-corrected chi connectivity index (χ0v) is 41.7. The molecule has 0 spiro atoms. The van der Waals surface area contributed by atoms with Crippen LogP contribution in [0.4, 0.5) is 0 Å². The zero-order chi connectivity index (χ0) is 49.4. The van der Waals surface area contributed by atoms with E-state index in [2.05, 4.69) is 12.1 Å². The number of rotatable bonds is 14. The van der Waals surface area contributed by atoms with Crippen molar-refractivity contribution in [1.29, 1.82) is 0 Å². The highest BCUT2D eigenvalue weighted by Crippen LogP contribution is 2.53. The average Bonchev–Trinajstić information content (AvgIpc) is 4.18. The van der Waals surface area contributed by atoms with E-state index in [9.17, 15) is 30.0 Å². The van der Waals surface area contributed by atoms with Gasteiger partial charge in [-0.1, -0.05) is 85.6 Å². The Morgan fingerprint density at radius 3 is 1.47 bits per heavy atom. The van der Waals surface area contributed by atoms with Crippen molar-refractivity contribution in [3.63, 3.8) is 0 Å². The van der Waals surface area contributed by atoms with Crippen LogP contribution in [0.2, 0.25) is 10.0 Å². The third kappa shape index (κ3) is 11.8. The molecule has 14 heteroatoms. The molecule has 4 aromatic rings. The first-order chi connectivity index (χ1) is 33.6. The highest BCUT2D eigenvalue weighted by atomic mass is 35.5. The second kappa shape index (κ2) is 21.9. The molecule has 2 heterocycles. The van der Waals surface area contributed by atoms with Gasteiger partial charge in [0.1, 0.15) is 54.2 Å². The van der Waals surface area contributed by atoms with Crippen molar-refractivity contribution in [2.45, 2.75) is 153 Å². The molecule has 2 saturated heterocycles. The van der Waals surface area contributed by atoms with E-state index in [0.717, 1.165) is 69.4 Å². The third-order valence-corrected chi connectivity index (χ3v) is 16.1. The molecule has 2 aliphatic heterocycles. The molecular formula is C56H66Cl2O12. The predicted molar refractivity (Wildman–Crippen MR) is 263 cm³/mol. The zero-order valence-electron chi connectivity index (χ0n) is 40.2. The van der Waals surface area contributed by atoms with Gasteiger partial charge in [-0.15, -0.1) is 0 Å². The molecule has 4 aromatic carbocycles. The average molecular weight is 1000 g/mol. The van der Waals surface area contributed by atoms with Crippen molar-refractivity contribution in [1.82, 2.24) is 0 Å². The Hall–Kier alpha value is -4.24. The molecule has 12 nitrogen and oxygen atoms in total. The molecule has 4 aliphatic carbocycles. The summed E-state index contributed by atoms with van der Waals surface area (Å²) in [6.45, 7) is 6.26. The first-order valence-electron chi connectivity index (χ1n) is 25.0. The van der Waals surface area contributed by atoms with Crippen molar-refractivity contribution in [3.8, 4) is 11.5 Å². The van der Waals surface area contributed by atoms with E-state index in [1.54, 1.807) is 12.1 Å². The van der Waals surface area contributed by atoms with Crippen LogP contribution in [0, 0.1) is 29.6 Å². The van der Waals surface area contributed by atoms with Crippen LogP contribution in [0.5, 0.6) is 11.5 Å². The molecular weight excluding hydrogens is 936 g/mol. The number of hydrogen-bond acceptors (Lipinski definition) is 12. The summed E-state index contributed by atoms with van der Waals surface area (Å²) in [5.41, 5.74) is 5.43. The lowest BCUT2D eigenvalue weighted by Gasteiger charge is -2.44. The van der Waals surface area contributed by atoms with Crippen molar-refractivity contribution in [3.05, 3.63) is 128 Å². The second-order valence-electron chi connectivity index (χ2n) is 20.5. The number of aliphatic hydroxyl groups is 4. The van der Waals surface area contributed by atoms with Gasteiger partial charge in [-0.2, -0.15) is 0 Å². The largest absolute Gasteiger partial charge is 0.490 e. The fourth-order valence-corrected chi connectivity index (χ4v) is 11.8. The number of aliphatic hydroxyl groups excluding tert-OH is 4. The minimum Gasteiger partial charge on any atom is -0.490 e. The molecule has 0 aromatic heterocycles. The Bertz CT molecular complexity index is 2430. The van der Waals surface area contributed by atoms with Crippen LogP contribution in [0.15, 0.2) is 84.9 Å². The molecule has 2 unspecified atom stereocenters. The number of esters is 2. The van der Waals surface area contributed by atoms with Gasteiger partial charge in [0.15, 0.2) is 6.10 Å². The fourth-order valence-electron chi connectivity index (χ4n) is 11.4. The molecule has 0 amide bonds. The summed E-state index contributed by atoms with van der Waals surface area (Å²) in [5, 5.41) is 41.2. The van der Waals surface area contributed by atoms with Crippen molar-refractivity contribution < 1.29 is 58.4 Å². The Morgan fingerprint density at radius 2 is 1.03 bits per heavy atom. The SMILES string of the molecule is CC[C@H]1O[C@H](c2ccc(Cl)c(Cc3ccc(OC4C[C@@H]5C[C@@H]5C4)cc3)c2)[C@H](OC(C)=O)[C@@H](OC(C)=O)[C@@H]1C.OC[C@H]1O[C@H](c2ccc(Cl)c(Cc3ccc(OC4C[C@@H]5C[C@@H]5C4)cc3)c2)[C@H](O)[C@@H](O)[C@@H]1O. The van der Waals surface area contributed by atoms with Gasteiger partial charge in [-0.3, -0.25) is 9.59 Å². The summed E-state index contributed by atoms with van der Waals surface area (Å²) in [6.07, 6.45) is 2.05. The molecule has 16 atom stereocenters. The van der Waals surface area contributed by atoms with Gasteiger partial charge in [0.25, 0.3) is 0 Å². The minimum atomic E-state index is -1.41. The van der Waals surface area contributed by atoms with E-state index in [1.807, 2.05) is 74.5 Å². The molecule has 4 saturated carbocycles. The smallest absolute Gasteiger partial charge is 0.303 e. The lowest BCUT2D eigenvalue weighted by Crippen LogP contribution is -2.55. The molecule has 0 radical (unpaired) electrons. The number of halogens is 2. The number of benzene rings is 4. The first kappa shape index (κ1) is 50.7. The molecule has 10 rings (SSSR count). The van der Waals surface area contributed by atoms with Crippen LogP contribution in [-0.2, 0) is 41.4 Å². The summed E-state index contributed by atoms with van der Waals surface area (Å²) < 4.78 is 35.9. The van der Waals surface area contributed by atoms with Gasteiger partial charge in [-0.05, 0) is 151 Å². The maximum Gasteiger partial charge on any atom is 0.303 e. The van der Waals surface area contributed by atoms with Gasteiger partial charge < -0.3 is 48.8 Å². The summed E-state index contributed by atoms with van der Waals surface area (Å²) in [7, 11) is 0. The summed E-state index contributed by atoms with van der Waals surface area (Å²) in [5.74, 6) is 4.36. The highest BCUT2D eigenvalue weighted by Gasteiger charge is 2.49. The van der Waals surface area contributed by atoms with Crippen molar-refractivity contribution in [2.75, 3.05) is 6.61 Å². The van der Waals surface area contributed by atoms with Gasteiger partial charge in [0.2, 0.25) is 0 Å². The van der Waals surface area contributed by atoms with Crippen LogP contribution in [0.3, 0.4) is 0 Å². The molecule has 376 valence electrons. The van der Waals surface area contributed by atoms with Gasteiger partial charge >= 0.3 is 11.9 Å². The Labute approximate surface area is 420 Å². The van der Waals surface area contributed by atoms with E-state index in [-0.39, 0.29) is 12.0 Å². The van der Waals surface area contributed by atoms with E-state index in [0.29, 0.717) is 40.7 Å². The normalized spacial score (nSPS) is 33.7. The van der Waals surface area contributed by atoms with Crippen LogP contribution < -0.4 is 9.47 Å². The Morgan fingerprint density at radius 1 is 0.586 bits per heavy atom. The highest BCUT2D eigenvalue weighted by molar-refractivity contribution is 6.31. The number of fused-ring (bicyclic) bond motifs is 2. The molecule has 6 fully saturated rings. The fraction of sp³-hybridized carbons (Fsp3) is 0.536. The van der Waals surface area contributed by atoms with Crippen molar-refractivity contribution >= 4 is 35.1 Å². The Kier molecular flexibility index (Phi) is 15.8. The first-order valence-corrected chi connectivity index (χ1v) is 25.8. The van der Waals surface area contributed by atoms with Crippen LogP contribution in [-0.4, -0.2) is 93.9 Å². The maximum atomic E-state index is 12.0. The minimum absolute atomic E-state index is 0.132. The van der Waals surface area contributed by atoms with Crippen LogP contribution in [0.1, 0.15) is 118 Å². The van der Waals surface area contributed by atoms with E-state index < -0.39 is 67.4 Å². The molecule has 4 N–H and O–H groups in total. The summed E-state index contributed by atoms with van der Waals surface area (Å²) >= 11 is 13.1. The monoisotopic (exact) mass is 1000 g/mol. The number of carbonyl (C=O) groups is 2. The Balaban J connectivity index is 0.000000176. The van der Waals surface area contributed by atoms with Gasteiger partial charge in [-0.25, -0.2) is 0 Å². The summed E-state index contributed by atoms with van der Waals surface area (Å²) in [4.78, 5) is 24.0. The maximum absolute atomic E-state index is 12.0. The lowest BCUT2D eigenvalue weighted by molar-refractivity contribution is -0.231. The van der Waals surface area contributed by atoms with E-state index in [1.165, 1.54) is 52.4 Å². The lowest BCUT2D eigenvalue weighted by atomic mass is 9.84. The van der Waals surface area contributed by atoms with E-state index in [4.69, 9.17) is 51.6 Å². The summed E-state index contributed by atoms with van der Waals surface area (Å²) in [6, 6.07) is 27.3. The molecule has 70 heavy (non-hydrogen) atoms. The van der Waals surface area contributed by atoms with Gasteiger partial charge in [0, 0.05) is 29.8 Å². The molecule has 6 aliphatic rings. The topological polar surface area (TPSA) is 170 Å². The number of ether oxygens (including phenoxy) is 6. The van der Waals surface area contributed by atoms with E-state index >= 15 is 0 Å². The second-order valence-corrected chi connectivity index (χ2v) is 21.4. The van der Waals surface area contributed by atoms with Crippen LogP contribution >= 0.6 is 23.2 Å². The standard InChI is InChI=1S/C31H37ClO6.C25H29ClO6/c1-5-28-17(2)29(35-18(3)33)31(36-19(4)34)30(38-28)21-8-11-27(32)24(13-21)12-20-6-9-25(10-7-20)37-26-15-22-14-23(22)16-26;26-20-6-3-14(25-24(30)23(29)22(28)21(12-27)32-25)8-17(20)7-13-1-4-18(5-2-13)31-19-10-15-9-16(15)11-19/h6-11,13,17,22-23,26,28-31H,5,12,14-16H2,1-4H3;1-6,8,15-16,19,21-25,27-30H,7,9-12H2/t17-,22-,23+,26?,28-,29+,30-,31-;15-,16+,19?,21-,22-,23+,24-,25-/m11/s1. The number of hydrogen-bond donors (Lipinski definition) is 4. The third-order valence-electron chi connectivity index (χ3n) is 15.4. The van der Waals surface area contributed by atoms with Crippen LogP contribution in [0.25, 0.3) is 0 Å². The molecule has 0 bridgehead atoms. The van der Waals surface area contributed by atoms with Crippen molar-refractivity contribution in [2.24, 2.45) is 29.6 Å². The quantitative estimate of drug-likeness (QED) is 0.0886. The number of carbonyl (C=O) groups excluding carboxylic acids is 2. The predicted octanol–water partition coefficient (Wildman–Crippen LogP) is 9.08. The van der Waals surface area contributed by atoms with Gasteiger partial charge in [0.05, 0.1) is 24.9 Å².